The number of halogens is 1. The molecule has 0 fully saturated rings. The maximum absolute atomic E-state index is 12.2. The Morgan fingerprint density at radius 1 is 1.04 bits per heavy atom. The zero-order chi connectivity index (χ0) is 19.5. The second kappa shape index (κ2) is 7.66. The Bertz CT molecular complexity index is 1150. The smallest absolute Gasteiger partial charge is 0.278 e. The monoisotopic (exact) mass is 394 g/mol. The molecule has 2 aromatic heterocycles. The van der Waals surface area contributed by atoms with Crippen molar-refractivity contribution in [3.05, 3.63) is 81.6 Å². The van der Waals surface area contributed by atoms with E-state index in [-0.39, 0.29) is 11.4 Å². The highest BCUT2D eigenvalue weighted by Crippen LogP contribution is 2.22. The summed E-state index contributed by atoms with van der Waals surface area (Å²) in [7, 11) is 1.60. The van der Waals surface area contributed by atoms with Crippen molar-refractivity contribution in [1.82, 2.24) is 19.9 Å². The van der Waals surface area contributed by atoms with E-state index >= 15 is 0 Å². The first-order valence-electron chi connectivity index (χ1n) is 8.43. The molecule has 0 saturated carbocycles. The number of hydrogen-bond donors (Lipinski definition) is 0. The highest BCUT2D eigenvalue weighted by atomic mass is 35.5. The molecule has 0 unspecified atom stereocenters. The molecular formula is C20H15ClN4O3. The topological polar surface area (TPSA) is 83.0 Å². The van der Waals surface area contributed by atoms with Crippen LogP contribution < -0.4 is 10.3 Å². The summed E-state index contributed by atoms with van der Waals surface area (Å²) in [5, 5.41) is 8.96. The summed E-state index contributed by atoms with van der Waals surface area (Å²) in [6, 6.07) is 17.5. The van der Waals surface area contributed by atoms with Crippen molar-refractivity contribution in [2.45, 2.75) is 6.54 Å². The van der Waals surface area contributed by atoms with E-state index in [2.05, 4.69) is 15.2 Å². The summed E-state index contributed by atoms with van der Waals surface area (Å²) in [5.41, 5.74) is 1.88. The van der Waals surface area contributed by atoms with E-state index in [0.29, 0.717) is 23.1 Å². The van der Waals surface area contributed by atoms with Gasteiger partial charge in [0, 0.05) is 16.7 Å². The van der Waals surface area contributed by atoms with Crippen molar-refractivity contribution >= 4 is 11.6 Å². The third-order valence-electron chi connectivity index (χ3n) is 4.11. The van der Waals surface area contributed by atoms with Crippen LogP contribution in [0.3, 0.4) is 0 Å². The maximum Gasteiger partial charge on any atom is 0.278 e. The zero-order valence-corrected chi connectivity index (χ0v) is 15.6. The molecule has 0 amide bonds. The maximum atomic E-state index is 12.2. The van der Waals surface area contributed by atoms with Gasteiger partial charge in [-0.15, -0.1) is 0 Å². The van der Waals surface area contributed by atoms with Gasteiger partial charge < -0.3 is 9.26 Å². The predicted molar refractivity (Wildman–Crippen MR) is 104 cm³/mol. The molecule has 0 atom stereocenters. The second-order valence-corrected chi connectivity index (χ2v) is 6.43. The van der Waals surface area contributed by atoms with Crippen LogP contribution >= 0.6 is 11.6 Å². The fraction of sp³-hybridized carbons (Fsp3) is 0.100. The normalized spacial score (nSPS) is 10.8. The van der Waals surface area contributed by atoms with Crippen LogP contribution in [0.25, 0.3) is 23.0 Å². The fourth-order valence-corrected chi connectivity index (χ4v) is 2.75. The number of ether oxygens (including phenoxy) is 1. The van der Waals surface area contributed by atoms with Gasteiger partial charge >= 0.3 is 0 Å². The lowest BCUT2D eigenvalue weighted by molar-refractivity contribution is 0.414. The Labute approximate surface area is 165 Å². The molecule has 4 rings (SSSR count). The number of methoxy groups -OCH3 is 1. The van der Waals surface area contributed by atoms with Crippen LogP contribution in [0.4, 0.5) is 0 Å². The van der Waals surface area contributed by atoms with Gasteiger partial charge in [-0.25, -0.2) is 4.68 Å². The fourth-order valence-electron chi connectivity index (χ4n) is 2.62. The minimum atomic E-state index is -0.225. The molecule has 2 aromatic carbocycles. The Hall–Kier alpha value is -3.45. The Kier molecular flexibility index (Phi) is 4.90. The molecular weight excluding hydrogens is 380 g/mol. The van der Waals surface area contributed by atoms with Crippen molar-refractivity contribution < 1.29 is 9.26 Å². The van der Waals surface area contributed by atoms with Crippen molar-refractivity contribution in [2.24, 2.45) is 0 Å². The van der Waals surface area contributed by atoms with E-state index in [1.807, 2.05) is 24.3 Å². The molecule has 0 bridgehead atoms. The Balaban J connectivity index is 1.61. The Morgan fingerprint density at radius 2 is 1.79 bits per heavy atom. The van der Waals surface area contributed by atoms with E-state index in [0.717, 1.165) is 16.9 Å². The molecule has 0 aliphatic heterocycles. The van der Waals surface area contributed by atoms with Gasteiger partial charge in [-0.2, -0.15) is 10.1 Å². The number of aromatic nitrogens is 4. The lowest BCUT2D eigenvalue weighted by atomic mass is 10.2. The SMILES string of the molecule is COc1ccc(Cn2nc(-c3nc(-c4ccc(Cl)cc4)no3)ccc2=O)cc1. The number of benzene rings is 2. The van der Waals surface area contributed by atoms with E-state index in [1.165, 1.54) is 10.7 Å². The van der Waals surface area contributed by atoms with E-state index in [4.69, 9.17) is 20.9 Å². The van der Waals surface area contributed by atoms with Crippen LogP contribution in [0.15, 0.2) is 70.0 Å². The van der Waals surface area contributed by atoms with Crippen molar-refractivity contribution in [1.29, 1.82) is 0 Å². The van der Waals surface area contributed by atoms with Crippen molar-refractivity contribution in [3.8, 4) is 28.7 Å². The summed E-state index contributed by atoms with van der Waals surface area (Å²) < 4.78 is 11.8. The molecule has 0 N–H and O–H groups in total. The third-order valence-corrected chi connectivity index (χ3v) is 4.36. The van der Waals surface area contributed by atoms with Gasteiger partial charge in [0.15, 0.2) is 0 Å². The first kappa shape index (κ1) is 17.9. The zero-order valence-electron chi connectivity index (χ0n) is 14.9. The van der Waals surface area contributed by atoms with E-state index in [9.17, 15) is 4.79 Å². The molecule has 0 radical (unpaired) electrons. The van der Waals surface area contributed by atoms with Crippen LogP contribution in [-0.4, -0.2) is 27.0 Å². The average molecular weight is 395 g/mol. The minimum absolute atomic E-state index is 0.225. The van der Waals surface area contributed by atoms with E-state index < -0.39 is 0 Å². The highest BCUT2D eigenvalue weighted by Gasteiger charge is 2.13. The Morgan fingerprint density at radius 3 is 2.50 bits per heavy atom. The lowest BCUT2D eigenvalue weighted by Crippen LogP contribution is -2.22. The van der Waals surface area contributed by atoms with Gasteiger partial charge in [0.1, 0.15) is 11.4 Å². The first-order valence-corrected chi connectivity index (χ1v) is 8.81. The quantitative estimate of drug-likeness (QED) is 0.513. The molecule has 0 aliphatic rings. The van der Waals surface area contributed by atoms with Crippen LogP contribution in [-0.2, 0) is 6.54 Å². The van der Waals surface area contributed by atoms with Gasteiger partial charge in [-0.05, 0) is 48.0 Å². The number of hydrogen-bond acceptors (Lipinski definition) is 6. The minimum Gasteiger partial charge on any atom is -0.497 e. The second-order valence-electron chi connectivity index (χ2n) is 5.99. The van der Waals surface area contributed by atoms with Crippen LogP contribution in [0.5, 0.6) is 5.75 Å². The molecule has 0 aliphatic carbocycles. The van der Waals surface area contributed by atoms with Gasteiger partial charge in [0.05, 0.1) is 13.7 Å². The van der Waals surface area contributed by atoms with Gasteiger partial charge in [-0.3, -0.25) is 4.79 Å². The van der Waals surface area contributed by atoms with Gasteiger partial charge in [0.2, 0.25) is 5.82 Å². The molecule has 2 heterocycles. The number of rotatable bonds is 5. The third kappa shape index (κ3) is 3.79. The molecule has 7 nitrogen and oxygen atoms in total. The van der Waals surface area contributed by atoms with E-state index in [1.54, 1.807) is 37.4 Å². The largest absolute Gasteiger partial charge is 0.497 e. The average Bonchev–Trinajstić information content (AvgIpc) is 3.21. The summed E-state index contributed by atoms with van der Waals surface area (Å²) in [4.78, 5) is 16.6. The van der Waals surface area contributed by atoms with Crippen molar-refractivity contribution in [3.63, 3.8) is 0 Å². The summed E-state index contributed by atoms with van der Waals surface area (Å²) >= 11 is 5.90. The summed E-state index contributed by atoms with van der Waals surface area (Å²) in [6.07, 6.45) is 0. The summed E-state index contributed by atoms with van der Waals surface area (Å²) in [6.45, 7) is 0.314. The molecule has 0 spiro atoms. The predicted octanol–water partition coefficient (Wildman–Crippen LogP) is 3.67. The van der Waals surface area contributed by atoms with Crippen LogP contribution in [0, 0.1) is 0 Å². The first-order chi connectivity index (χ1) is 13.6. The van der Waals surface area contributed by atoms with Crippen LogP contribution in [0.2, 0.25) is 5.02 Å². The molecule has 0 saturated heterocycles. The molecule has 8 heteroatoms. The van der Waals surface area contributed by atoms with Gasteiger partial charge in [0.25, 0.3) is 11.4 Å². The van der Waals surface area contributed by atoms with Crippen LogP contribution in [0.1, 0.15) is 5.56 Å². The summed E-state index contributed by atoms with van der Waals surface area (Å²) in [5.74, 6) is 1.40. The lowest BCUT2D eigenvalue weighted by Gasteiger charge is -2.06. The molecule has 4 aromatic rings. The molecule has 28 heavy (non-hydrogen) atoms. The van der Waals surface area contributed by atoms with Crippen molar-refractivity contribution in [2.75, 3.05) is 7.11 Å². The van der Waals surface area contributed by atoms with Gasteiger partial charge in [-0.1, -0.05) is 28.9 Å². The number of nitrogens with zero attached hydrogens (tertiary/aromatic N) is 4. The highest BCUT2D eigenvalue weighted by molar-refractivity contribution is 6.30. The molecule has 140 valence electrons. The standard InChI is InChI=1S/C20H15ClN4O3/c1-27-16-8-2-13(3-9-16)12-25-18(26)11-10-17(23-25)20-22-19(24-28-20)14-4-6-15(21)7-5-14/h2-11H,12H2,1H3.